The minimum Gasteiger partial charge on any atom is -0.420 e. The standard InChI is InChI=1S/C49H75F4N5O14S/c1-4-8-58(9-5-2)49(61)37-32-42-41(56-43(54)33-37)34-38(73-42)35-44(59)55-7-10-57(3)11-13-63-15-17-65-19-21-67-23-25-69-27-29-71-31-30-70-28-26-68-24-22-66-20-18-64-16-14-62-12-6-45(60)72-48-46(52)39(50)36-40(51)47(48)53/h32,34,36H,4-31,33,35H2,1-3H3,(H2,54,56)(H,55,59). The zero-order chi connectivity index (χ0) is 52.9. The van der Waals surface area contributed by atoms with E-state index in [1.807, 2.05) is 24.1 Å². The number of carbonyl (C=O) groups excluding carboxylic acids is 3. The van der Waals surface area contributed by atoms with E-state index in [1.165, 1.54) is 11.3 Å². The van der Waals surface area contributed by atoms with E-state index in [0.717, 1.165) is 22.6 Å². The topological polar surface area (TPSA) is 210 Å². The van der Waals surface area contributed by atoms with Gasteiger partial charge in [0.05, 0.1) is 156 Å². The molecule has 0 saturated heterocycles. The van der Waals surface area contributed by atoms with Gasteiger partial charge >= 0.3 is 5.97 Å². The summed E-state index contributed by atoms with van der Waals surface area (Å²) >= 11 is 1.46. The molecule has 3 rings (SSSR count). The first kappa shape index (κ1) is 63.1. The molecule has 1 aliphatic rings. The fourth-order valence-corrected chi connectivity index (χ4v) is 7.57. The molecule has 0 bridgehead atoms. The molecular weight excluding hydrogens is 991 g/mol. The van der Waals surface area contributed by atoms with E-state index in [1.54, 1.807) is 0 Å². The molecule has 2 aromatic rings. The van der Waals surface area contributed by atoms with Crippen molar-refractivity contribution in [2.24, 2.45) is 10.7 Å². The molecule has 0 unspecified atom stereocenters. The van der Waals surface area contributed by atoms with Crippen LogP contribution in [0, 0.1) is 23.3 Å². The number of aliphatic imine (C=N–C) groups is 1. The molecule has 73 heavy (non-hydrogen) atoms. The maximum atomic E-state index is 13.6. The highest BCUT2D eigenvalue weighted by Gasteiger charge is 2.24. The molecular formula is C49H75F4N5O14S. The number of amidine groups is 1. The van der Waals surface area contributed by atoms with Crippen molar-refractivity contribution in [3.63, 3.8) is 0 Å². The van der Waals surface area contributed by atoms with Gasteiger partial charge in [0.2, 0.25) is 29.2 Å². The molecule has 2 heterocycles. The Morgan fingerprint density at radius 2 is 1.07 bits per heavy atom. The number of likely N-dealkylation sites (N-methyl/N-ethyl adjacent to an activating group) is 1. The van der Waals surface area contributed by atoms with E-state index < -0.39 is 41.4 Å². The third-order valence-electron chi connectivity index (χ3n) is 10.1. The Labute approximate surface area is 429 Å². The Morgan fingerprint density at radius 1 is 0.630 bits per heavy atom. The summed E-state index contributed by atoms with van der Waals surface area (Å²) in [7, 11) is 1.97. The first-order valence-electron chi connectivity index (χ1n) is 24.6. The smallest absolute Gasteiger partial charge is 0.313 e. The second-order valence-corrected chi connectivity index (χ2v) is 17.3. The van der Waals surface area contributed by atoms with Crippen LogP contribution in [0.25, 0.3) is 6.08 Å². The minimum atomic E-state index is -1.80. The molecule has 0 saturated carbocycles. The van der Waals surface area contributed by atoms with Crippen molar-refractivity contribution in [1.29, 1.82) is 0 Å². The molecule has 0 aliphatic carbocycles. The van der Waals surface area contributed by atoms with Gasteiger partial charge < -0.3 is 73.0 Å². The SMILES string of the molecule is CCCN(CCC)C(=O)C1=Cc2sc(CC(=O)NCCN(C)CCOCCOCCOCCOCCOCCOCCOCCOCCOCCOCCC(=O)Oc3c(F)c(F)cc(F)c3F)cc2N=C(N)C1. The summed E-state index contributed by atoms with van der Waals surface area (Å²) in [5.74, 6) is -9.22. The number of esters is 1. The lowest BCUT2D eigenvalue weighted by atomic mass is 10.1. The van der Waals surface area contributed by atoms with E-state index in [4.69, 9.17) is 53.1 Å². The van der Waals surface area contributed by atoms with Gasteiger partial charge in [0.25, 0.3) is 0 Å². The van der Waals surface area contributed by atoms with Crippen LogP contribution < -0.4 is 15.8 Å². The van der Waals surface area contributed by atoms with Crippen molar-refractivity contribution in [1.82, 2.24) is 15.1 Å². The number of thiophene rings is 1. The van der Waals surface area contributed by atoms with Gasteiger partial charge in [-0.1, -0.05) is 13.8 Å². The minimum absolute atomic E-state index is 0.0120. The third-order valence-corrected chi connectivity index (χ3v) is 11.2. The molecule has 0 spiro atoms. The number of nitrogens with zero attached hydrogens (tertiary/aromatic N) is 3. The maximum Gasteiger partial charge on any atom is 0.313 e. The zero-order valence-electron chi connectivity index (χ0n) is 42.5. The lowest BCUT2D eigenvalue weighted by Crippen LogP contribution is -2.35. The van der Waals surface area contributed by atoms with Crippen LogP contribution in [0.2, 0.25) is 0 Å². The summed E-state index contributed by atoms with van der Waals surface area (Å²) in [5.41, 5.74) is 7.50. The highest BCUT2D eigenvalue weighted by molar-refractivity contribution is 7.13. The predicted octanol–water partition coefficient (Wildman–Crippen LogP) is 4.48. The van der Waals surface area contributed by atoms with E-state index in [2.05, 4.69) is 33.8 Å². The highest BCUT2D eigenvalue weighted by Crippen LogP contribution is 2.35. The van der Waals surface area contributed by atoms with Crippen LogP contribution in [0.5, 0.6) is 5.75 Å². The summed E-state index contributed by atoms with van der Waals surface area (Å²) in [6, 6.07) is 1.90. The third kappa shape index (κ3) is 27.8. The molecule has 24 heteroatoms. The summed E-state index contributed by atoms with van der Waals surface area (Å²) in [6.45, 7) is 14.7. The van der Waals surface area contributed by atoms with Crippen molar-refractivity contribution in [3.8, 4) is 5.75 Å². The summed E-state index contributed by atoms with van der Waals surface area (Å²) < 4.78 is 113. The fraction of sp³-hybridized carbons (Fsp3) is 0.673. The van der Waals surface area contributed by atoms with Crippen molar-refractivity contribution >= 4 is 46.7 Å². The van der Waals surface area contributed by atoms with Gasteiger partial charge in [0, 0.05) is 55.7 Å². The number of benzene rings is 1. The molecule has 0 fully saturated rings. The maximum absolute atomic E-state index is 13.6. The average Bonchev–Trinajstić information content (AvgIpc) is 3.65. The molecule has 19 nitrogen and oxygen atoms in total. The van der Waals surface area contributed by atoms with Crippen LogP contribution in [0.3, 0.4) is 0 Å². The molecule has 3 N–H and O–H groups in total. The number of carbonyl (C=O) groups is 3. The van der Waals surface area contributed by atoms with Gasteiger partial charge in [-0.3, -0.25) is 14.4 Å². The van der Waals surface area contributed by atoms with Crippen molar-refractivity contribution in [3.05, 3.63) is 50.7 Å². The number of hydrogen-bond donors (Lipinski definition) is 2. The van der Waals surface area contributed by atoms with Crippen LogP contribution in [0.15, 0.2) is 22.7 Å². The van der Waals surface area contributed by atoms with Crippen molar-refractivity contribution < 1.29 is 84.1 Å². The quantitative estimate of drug-likeness (QED) is 0.0308. The van der Waals surface area contributed by atoms with Crippen molar-refractivity contribution in [2.75, 3.05) is 172 Å². The zero-order valence-corrected chi connectivity index (χ0v) is 43.3. The number of fused-ring (bicyclic) bond motifs is 1. The molecule has 0 radical (unpaired) electrons. The number of ether oxygens (including phenoxy) is 11. The van der Waals surface area contributed by atoms with Gasteiger partial charge in [-0.25, -0.2) is 13.8 Å². The lowest BCUT2D eigenvalue weighted by Gasteiger charge is -2.22. The summed E-state index contributed by atoms with van der Waals surface area (Å²) in [5, 5.41) is 2.98. The lowest BCUT2D eigenvalue weighted by molar-refractivity contribution is -0.136. The average molecular weight is 1070 g/mol. The van der Waals surface area contributed by atoms with E-state index >= 15 is 0 Å². The number of rotatable bonds is 44. The van der Waals surface area contributed by atoms with Crippen LogP contribution >= 0.6 is 11.3 Å². The normalized spacial score (nSPS) is 12.4. The molecule has 1 aromatic heterocycles. The van der Waals surface area contributed by atoms with E-state index in [9.17, 15) is 31.9 Å². The van der Waals surface area contributed by atoms with Gasteiger partial charge in [0.15, 0.2) is 11.6 Å². The monoisotopic (exact) mass is 1070 g/mol. The second-order valence-electron chi connectivity index (χ2n) is 16.2. The molecule has 414 valence electrons. The Hall–Kier alpha value is -4.18. The first-order valence-corrected chi connectivity index (χ1v) is 25.5. The van der Waals surface area contributed by atoms with Gasteiger partial charge in [-0.15, -0.1) is 11.3 Å². The highest BCUT2D eigenvalue weighted by atomic mass is 32.1. The fourth-order valence-electron chi connectivity index (χ4n) is 6.50. The van der Waals surface area contributed by atoms with Gasteiger partial charge in [-0.05, 0) is 32.0 Å². The van der Waals surface area contributed by atoms with Gasteiger partial charge in [-0.2, -0.15) is 8.78 Å². The number of nitrogens with two attached hydrogens (primary N) is 1. The molecule has 0 atom stereocenters. The van der Waals surface area contributed by atoms with Crippen LogP contribution in [0.1, 0.15) is 49.3 Å². The largest absolute Gasteiger partial charge is 0.420 e. The summed E-state index contributed by atoms with van der Waals surface area (Å²) in [6.07, 6.45) is 3.77. The first-order chi connectivity index (χ1) is 35.4. The number of amides is 2. The number of hydrogen-bond acceptors (Lipinski definition) is 18. The second kappa shape index (κ2) is 39.3. The number of nitrogens with one attached hydrogen (secondary N) is 1. The molecule has 1 aromatic carbocycles. The summed E-state index contributed by atoms with van der Waals surface area (Å²) in [4.78, 5) is 47.9. The van der Waals surface area contributed by atoms with Crippen LogP contribution in [0.4, 0.5) is 23.2 Å². The van der Waals surface area contributed by atoms with E-state index in [-0.39, 0.29) is 44.1 Å². The Bertz CT molecular complexity index is 1920. The van der Waals surface area contributed by atoms with Crippen molar-refractivity contribution in [2.45, 2.75) is 46.0 Å². The molecule has 2 amide bonds. The predicted molar refractivity (Wildman–Crippen MR) is 264 cm³/mol. The molecule has 1 aliphatic heterocycles. The van der Waals surface area contributed by atoms with E-state index in [0.29, 0.717) is 169 Å². The van der Waals surface area contributed by atoms with Crippen LogP contribution in [-0.2, 0) is 68.2 Å². The Balaban J connectivity index is 0.998. The Morgan fingerprint density at radius 3 is 1.52 bits per heavy atom. The Kier molecular flexibility index (Phi) is 33.9. The number of halogens is 4. The van der Waals surface area contributed by atoms with Gasteiger partial charge in [0.1, 0.15) is 5.84 Å². The van der Waals surface area contributed by atoms with Crippen LogP contribution in [-0.4, -0.2) is 205 Å².